The number of carbonyl (C=O) groups excluding carboxylic acids is 1. The summed E-state index contributed by atoms with van der Waals surface area (Å²) < 4.78 is 0.867. The van der Waals surface area contributed by atoms with E-state index in [1.165, 1.54) is 0 Å². The minimum atomic E-state index is -0.207. The van der Waals surface area contributed by atoms with Crippen molar-refractivity contribution >= 4 is 57.7 Å². The third-order valence-electron chi connectivity index (χ3n) is 2.10. The predicted molar refractivity (Wildman–Crippen MR) is 77.3 cm³/mol. The van der Waals surface area contributed by atoms with Gasteiger partial charge >= 0.3 is 0 Å². The van der Waals surface area contributed by atoms with Gasteiger partial charge in [-0.3, -0.25) is 4.79 Å². The summed E-state index contributed by atoms with van der Waals surface area (Å²) in [4.78, 5) is 14.1. The zero-order valence-electron chi connectivity index (χ0n) is 9.37. The lowest BCUT2D eigenvalue weighted by Gasteiger charge is -2.25. The number of nitrogens with two attached hydrogens (primary N) is 1. The van der Waals surface area contributed by atoms with Crippen LogP contribution >= 0.6 is 46.8 Å². The molecule has 2 N–H and O–H groups in total. The van der Waals surface area contributed by atoms with Crippen LogP contribution in [0.3, 0.4) is 0 Å². The smallest absolute Gasteiger partial charge is 0.256 e. The van der Waals surface area contributed by atoms with Gasteiger partial charge in [0.05, 0.1) is 21.4 Å². The predicted octanol–water partition coefficient (Wildman–Crippen LogP) is 3.19. The molecule has 1 rings (SSSR count). The van der Waals surface area contributed by atoms with Gasteiger partial charge in [-0.1, -0.05) is 35.4 Å². The number of hydrogen-bond donors (Lipinski definition) is 1. The van der Waals surface area contributed by atoms with Gasteiger partial charge in [-0.2, -0.15) is 0 Å². The molecule has 7 heteroatoms. The van der Waals surface area contributed by atoms with Crippen LogP contribution in [-0.2, 0) is 0 Å². The number of hydrogen-bond acceptors (Lipinski definition) is 3. The summed E-state index contributed by atoms with van der Waals surface area (Å²) >= 11 is 17.8. The first-order chi connectivity index (χ1) is 7.82. The molecule has 1 aromatic heterocycles. The number of halogens is 2. The van der Waals surface area contributed by atoms with Gasteiger partial charge in [-0.05, 0) is 19.9 Å². The second kappa shape index (κ2) is 6.00. The van der Waals surface area contributed by atoms with Crippen molar-refractivity contribution in [2.75, 3.05) is 6.54 Å². The zero-order chi connectivity index (χ0) is 13.2. The first-order valence-corrected chi connectivity index (χ1v) is 6.85. The molecule has 3 nitrogen and oxygen atoms in total. The minimum Gasteiger partial charge on any atom is -0.392 e. The van der Waals surface area contributed by atoms with E-state index < -0.39 is 0 Å². The molecule has 17 heavy (non-hydrogen) atoms. The van der Waals surface area contributed by atoms with Gasteiger partial charge in [0.2, 0.25) is 0 Å². The van der Waals surface area contributed by atoms with Gasteiger partial charge in [0, 0.05) is 6.04 Å². The standard InChI is InChI=1S/C10H12Cl2N2OS2/c1-5(2)14(4-8(13)16)10(15)6-3-7(11)17-9(6)12/h3,5H,4H2,1-2H3,(H2,13,16). The maximum Gasteiger partial charge on any atom is 0.256 e. The third-order valence-corrected chi connectivity index (χ3v) is 3.71. The molecule has 0 unspecified atom stereocenters. The van der Waals surface area contributed by atoms with E-state index in [-0.39, 0.29) is 23.5 Å². The fourth-order valence-corrected chi connectivity index (χ4v) is 2.88. The van der Waals surface area contributed by atoms with Crippen molar-refractivity contribution in [1.82, 2.24) is 4.90 Å². The molecule has 0 saturated carbocycles. The second-order valence-electron chi connectivity index (χ2n) is 3.73. The highest BCUT2D eigenvalue weighted by atomic mass is 35.5. The summed E-state index contributed by atoms with van der Waals surface area (Å²) in [5, 5.41) is 0. The highest BCUT2D eigenvalue weighted by Gasteiger charge is 2.23. The monoisotopic (exact) mass is 310 g/mol. The quantitative estimate of drug-likeness (QED) is 0.869. The van der Waals surface area contributed by atoms with Gasteiger partial charge < -0.3 is 10.6 Å². The van der Waals surface area contributed by atoms with Gasteiger partial charge in [0.15, 0.2) is 0 Å². The summed E-state index contributed by atoms with van der Waals surface area (Å²) in [5.74, 6) is -0.207. The van der Waals surface area contributed by atoms with Crippen molar-refractivity contribution in [2.45, 2.75) is 19.9 Å². The molecule has 1 amide bonds. The van der Waals surface area contributed by atoms with E-state index in [0.29, 0.717) is 14.2 Å². The summed E-state index contributed by atoms with van der Waals surface area (Å²) in [6, 6.07) is 1.55. The van der Waals surface area contributed by atoms with Crippen LogP contribution in [0.4, 0.5) is 0 Å². The van der Waals surface area contributed by atoms with E-state index in [0.717, 1.165) is 11.3 Å². The molecule has 0 spiro atoms. The van der Waals surface area contributed by atoms with Crippen molar-refractivity contribution in [1.29, 1.82) is 0 Å². The average Bonchev–Trinajstić information content (AvgIpc) is 2.52. The number of carbonyl (C=O) groups is 1. The Balaban J connectivity index is 2.99. The lowest BCUT2D eigenvalue weighted by molar-refractivity contribution is 0.0737. The Hall–Kier alpha value is -0.360. The van der Waals surface area contributed by atoms with Crippen LogP contribution in [0.1, 0.15) is 24.2 Å². The topological polar surface area (TPSA) is 46.3 Å². The maximum atomic E-state index is 12.2. The van der Waals surface area contributed by atoms with E-state index >= 15 is 0 Å². The Labute approximate surface area is 119 Å². The van der Waals surface area contributed by atoms with Crippen molar-refractivity contribution in [3.8, 4) is 0 Å². The molecule has 0 radical (unpaired) electrons. The molecule has 0 aliphatic carbocycles. The van der Waals surface area contributed by atoms with Crippen LogP contribution in [0.25, 0.3) is 0 Å². The number of rotatable bonds is 4. The van der Waals surface area contributed by atoms with Gasteiger partial charge in [0.25, 0.3) is 5.91 Å². The largest absolute Gasteiger partial charge is 0.392 e. The fraction of sp³-hybridized carbons (Fsp3) is 0.400. The Kier molecular flexibility index (Phi) is 5.19. The Morgan fingerprint density at radius 3 is 2.53 bits per heavy atom. The number of nitrogens with zero attached hydrogens (tertiary/aromatic N) is 1. The molecule has 1 heterocycles. The summed E-state index contributed by atoms with van der Waals surface area (Å²) in [6.45, 7) is 4.01. The number of thiophene rings is 1. The highest BCUT2D eigenvalue weighted by Crippen LogP contribution is 2.32. The Bertz CT molecular complexity index is 446. The molecule has 94 valence electrons. The summed E-state index contributed by atoms with van der Waals surface area (Å²) in [7, 11) is 0. The van der Waals surface area contributed by atoms with E-state index in [9.17, 15) is 4.79 Å². The van der Waals surface area contributed by atoms with Gasteiger partial charge in [-0.25, -0.2) is 0 Å². The highest BCUT2D eigenvalue weighted by molar-refractivity contribution is 7.80. The van der Waals surface area contributed by atoms with Crippen molar-refractivity contribution < 1.29 is 4.79 Å². The minimum absolute atomic E-state index is 0.0151. The lowest BCUT2D eigenvalue weighted by atomic mass is 10.2. The first kappa shape index (κ1) is 14.7. The van der Waals surface area contributed by atoms with Crippen molar-refractivity contribution in [3.05, 3.63) is 20.3 Å². The van der Waals surface area contributed by atoms with Crippen LogP contribution in [0.15, 0.2) is 6.07 Å². The third kappa shape index (κ3) is 3.81. The average molecular weight is 311 g/mol. The van der Waals surface area contributed by atoms with Crippen molar-refractivity contribution in [3.63, 3.8) is 0 Å². The summed E-state index contributed by atoms with van der Waals surface area (Å²) in [6.07, 6.45) is 0. The molecule has 0 atom stereocenters. The molecule has 0 aliphatic heterocycles. The first-order valence-electron chi connectivity index (χ1n) is 4.87. The van der Waals surface area contributed by atoms with Crippen LogP contribution in [0.5, 0.6) is 0 Å². The van der Waals surface area contributed by atoms with E-state index in [4.69, 9.17) is 41.2 Å². The van der Waals surface area contributed by atoms with Crippen LogP contribution in [-0.4, -0.2) is 28.4 Å². The van der Waals surface area contributed by atoms with Gasteiger partial charge in [-0.15, -0.1) is 11.3 Å². The Morgan fingerprint density at radius 1 is 1.59 bits per heavy atom. The van der Waals surface area contributed by atoms with E-state index in [1.54, 1.807) is 11.0 Å². The second-order valence-corrected chi connectivity index (χ2v) is 6.54. The molecule has 0 aromatic carbocycles. The fourth-order valence-electron chi connectivity index (χ4n) is 1.30. The van der Waals surface area contributed by atoms with E-state index in [2.05, 4.69) is 0 Å². The van der Waals surface area contributed by atoms with Crippen LogP contribution in [0, 0.1) is 0 Å². The molecule has 0 fully saturated rings. The van der Waals surface area contributed by atoms with Crippen molar-refractivity contribution in [2.24, 2.45) is 5.73 Å². The van der Waals surface area contributed by atoms with Gasteiger partial charge in [0.1, 0.15) is 4.34 Å². The molecular formula is C10H12Cl2N2OS2. The zero-order valence-corrected chi connectivity index (χ0v) is 12.5. The number of amides is 1. The molecule has 0 bridgehead atoms. The normalized spacial score (nSPS) is 10.6. The maximum absolute atomic E-state index is 12.2. The van der Waals surface area contributed by atoms with E-state index in [1.807, 2.05) is 13.8 Å². The molecule has 1 aromatic rings. The molecular weight excluding hydrogens is 299 g/mol. The SMILES string of the molecule is CC(C)N(CC(N)=S)C(=O)c1cc(Cl)sc1Cl. The summed E-state index contributed by atoms with van der Waals surface area (Å²) in [5.41, 5.74) is 5.87. The Morgan fingerprint density at radius 2 is 2.18 bits per heavy atom. The van der Waals surface area contributed by atoms with Crippen LogP contribution < -0.4 is 5.73 Å². The molecule has 0 saturated heterocycles. The molecule has 0 aliphatic rings. The lowest BCUT2D eigenvalue weighted by Crippen LogP contribution is -2.42. The van der Waals surface area contributed by atoms with Crippen LogP contribution in [0.2, 0.25) is 8.67 Å². The number of thiocarbonyl (C=S) groups is 1.